The molecule has 7 heteroatoms. The number of carbonyl (C=O) groups excluding carboxylic acids is 1. The van der Waals surface area contributed by atoms with Crippen molar-refractivity contribution in [3.8, 4) is 0 Å². The first-order valence-electron chi connectivity index (χ1n) is 15.9. The molecule has 0 aliphatic rings. The zero-order chi connectivity index (χ0) is 29.0. The van der Waals surface area contributed by atoms with E-state index < -0.39 is 17.9 Å². The number of carboxylic acid groups (broad SMARTS) is 3. The molecule has 0 aromatic rings. The van der Waals surface area contributed by atoms with E-state index in [-0.39, 0.29) is 19.3 Å². The van der Waals surface area contributed by atoms with Gasteiger partial charge in [-0.2, -0.15) is 0 Å². The molecule has 0 aliphatic carbocycles. The quantitative estimate of drug-likeness (QED) is 0.0569. The topological polar surface area (TPSA) is 115 Å². The standard InChI is InChI=1S/C32H59NO6/c1-2-3-4-5-6-7-8-9-10-11-12-13-14-15-19-26-33(27-20-16-23-30(34)35,28-21-17-24-31(36)37)29-22-18-25-32(38)39/h7-8H,2-6,9-29H2,1H3,(H2-,34,35,36,37,38,39)/b8-7+. The van der Waals surface area contributed by atoms with E-state index in [1.165, 1.54) is 77.0 Å². The zero-order valence-corrected chi connectivity index (χ0v) is 25.0. The van der Waals surface area contributed by atoms with Gasteiger partial charge in [-0.3, -0.25) is 9.59 Å². The van der Waals surface area contributed by atoms with E-state index in [0.29, 0.717) is 19.3 Å². The van der Waals surface area contributed by atoms with Crippen LogP contribution in [0.4, 0.5) is 0 Å². The SMILES string of the molecule is CCCCCC/C=C/CCCCCCCCC[N+](CCCCC(=O)[O-])(CCCCC(=O)O)CCCCC(=O)O. The number of allylic oxidation sites excluding steroid dienone is 2. The monoisotopic (exact) mass is 553 g/mol. The summed E-state index contributed by atoms with van der Waals surface area (Å²) in [5.41, 5.74) is 0. The molecule has 0 saturated heterocycles. The molecule has 0 aliphatic heterocycles. The van der Waals surface area contributed by atoms with E-state index in [0.717, 1.165) is 56.3 Å². The van der Waals surface area contributed by atoms with Gasteiger partial charge in [-0.25, -0.2) is 0 Å². The molecule has 0 spiro atoms. The van der Waals surface area contributed by atoms with Crippen molar-refractivity contribution in [3.05, 3.63) is 12.2 Å². The average Bonchev–Trinajstić information content (AvgIpc) is 2.89. The second kappa shape index (κ2) is 26.3. The van der Waals surface area contributed by atoms with Crippen molar-refractivity contribution in [2.75, 3.05) is 26.2 Å². The lowest BCUT2D eigenvalue weighted by atomic mass is 10.1. The fraction of sp³-hybridized carbons (Fsp3) is 0.844. The van der Waals surface area contributed by atoms with Crippen LogP contribution in [0, 0.1) is 0 Å². The third-order valence-corrected chi connectivity index (χ3v) is 7.70. The minimum absolute atomic E-state index is 0.0623. The van der Waals surface area contributed by atoms with Gasteiger partial charge in [0.15, 0.2) is 0 Å². The normalized spacial score (nSPS) is 11.8. The van der Waals surface area contributed by atoms with Gasteiger partial charge in [0.2, 0.25) is 0 Å². The van der Waals surface area contributed by atoms with E-state index in [1.807, 2.05) is 0 Å². The predicted octanol–water partition coefficient (Wildman–Crippen LogP) is 6.88. The Kier molecular flexibility index (Phi) is 25.1. The number of aliphatic carboxylic acids is 3. The first-order chi connectivity index (χ1) is 18.8. The summed E-state index contributed by atoms with van der Waals surface area (Å²) >= 11 is 0. The van der Waals surface area contributed by atoms with Gasteiger partial charge < -0.3 is 24.6 Å². The molecule has 0 unspecified atom stereocenters. The van der Waals surface area contributed by atoms with E-state index in [1.54, 1.807) is 0 Å². The van der Waals surface area contributed by atoms with Crippen LogP contribution in [0.25, 0.3) is 0 Å². The molecule has 7 nitrogen and oxygen atoms in total. The van der Waals surface area contributed by atoms with Gasteiger partial charge in [-0.15, -0.1) is 0 Å². The van der Waals surface area contributed by atoms with Crippen molar-refractivity contribution in [1.82, 2.24) is 0 Å². The average molecular weight is 554 g/mol. The molecule has 0 bridgehead atoms. The van der Waals surface area contributed by atoms with Crippen molar-refractivity contribution < 1.29 is 34.2 Å². The van der Waals surface area contributed by atoms with E-state index in [2.05, 4.69) is 19.1 Å². The van der Waals surface area contributed by atoms with Crippen LogP contribution < -0.4 is 5.11 Å². The number of carbonyl (C=O) groups is 3. The Hall–Kier alpha value is -1.89. The first kappa shape index (κ1) is 37.1. The molecule has 2 N–H and O–H groups in total. The molecule has 0 aromatic carbocycles. The minimum atomic E-state index is -1.02. The molecule has 0 rings (SSSR count). The van der Waals surface area contributed by atoms with Crippen molar-refractivity contribution in [2.24, 2.45) is 0 Å². The molecule has 0 atom stereocenters. The summed E-state index contributed by atoms with van der Waals surface area (Å²) in [7, 11) is 0. The van der Waals surface area contributed by atoms with Crippen molar-refractivity contribution in [1.29, 1.82) is 0 Å². The maximum absolute atomic E-state index is 11.0. The maximum Gasteiger partial charge on any atom is 0.303 e. The number of hydrogen-bond donors (Lipinski definition) is 2. The fourth-order valence-electron chi connectivity index (χ4n) is 5.35. The van der Waals surface area contributed by atoms with Crippen LogP contribution in [0.3, 0.4) is 0 Å². The van der Waals surface area contributed by atoms with E-state index >= 15 is 0 Å². The lowest BCUT2D eigenvalue weighted by Crippen LogP contribution is -2.51. The van der Waals surface area contributed by atoms with Crippen molar-refractivity contribution >= 4 is 17.9 Å². The molecular weight excluding hydrogens is 494 g/mol. The molecule has 0 fully saturated rings. The third-order valence-electron chi connectivity index (χ3n) is 7.70. The second-order valence-electron chi connectivity index (χ2n) is 11.4. The third kappa shape index (κ3) is 26.1. The molecule has 0 radical (unpaired) electrons. The van der Waals surface area contributed by atoms with Crippen molar-refractivity contribution in [2.45, 2.75) is 148 Å². The Morgan fingerprint density at radius 3 is 1.31 bits per heavy atom. The first-order valence-corrected chi connectivity index (χ1v) is 15.9. The molecule has 0 aromatic heterocycles. The summed E-state index contributed by atoms with van der Waals surface area (Å²) < 4.78 is 0.844. The van der Waals surface area contributed by atoms with E-state index in [9.17, 15) is 19.5 Å². The van der Waals surface area contributed by atoms with Gasteiger partial charge in [-0.1, -0.05) is 64.0 Å². The summed E-state index contributed by atoms with van der Waals surface area (Å²) in [4.78, 5) is 32.8. The Balaban J connectivity index is 4.51. The van der Waals surface area contributed by atoms with Crippen LogP contribution >= 0.6 is 0 Å². The Labute approximate surface area is 238 Å². The van der Waals surface area contributed by atoms with Crippen LogP contribution in [-0.4, -0.2) is 58.8 Å². The molecule has 39 heavy (non-hydrogen) atoms. The predicted molar refractivity (Wildman–Crippen MR) is 156 cm³/mol. The molecule has 0 heterocycles. The number of hydrogen-bond acceptors (Lipinski definition) is 4. The van der Waals surface area contributed by atoms with Crippen LogP contribution in [0.5, 0.6) is 0 Å². The van der Waals surface area contributed by atoms with Crippen LogP contribution in [0.2, 0.25) is 0 Å². The Morgan fingerprint density at radius 1 is 0.538 bits per heavy atom. The number of nitrogens with zero attached hydrogens (tertiary/aromatic N) is 1. The Morgan fingerprint density at radius 2 is 0.897 bits per heavy atom. The van der Waals surface area contributed by atoms with Crippen molar-refractivity contribution in [3.63, 3.8) is 0 Å². The number of quaternary nitrogens is 1. The summed E-state index contributed by atoms with van der Waals surface area (Å²) in [6.45, 7) is 5.85. The van der Waals surface area contributed by atoms with Gasteiger partial charge in [0, 0.05) is 18.8 Å². The van der Waals surface area contributed by atoms with Crippen LogP contribution in [0.15, 0.2) is 12.2 Å². The van der Waals surface area contributed by atoms with E-state index in [4.69, 9.17) is 10.2 Å². The summed E-state index contributed by atoms with van der Waals surface area (Å²) in [6, 6.07) is 0. The largest absolute Gasteiger partial charge is 0.550 e. The summed E-state index contributed by atoms with van der Waals surface area (Å²) in [6.07, 6.45) is 25.6. The zero-order valence-electron chi connectivity index (χ0n) is 25.0. The number of carboxylic acids is 3. The number of unbranched alkanes of at least 4 members (excludes halogenated alkanes) is 14. The molecule has 0 saturated carbocycles. The van der Waals surface area contributed by atoms with Crippen LogP contribution in [-0.2, 0) is 14.4 Å². The summed E-state index contributed by atoms with van der Waals surface area (Å²) in [5, 5.41) is 28.9. The lowest BCUT2D eigenvalue weighted by molar-refractivity contribution is -0.929. The lowest BCUT2D eigenvalue weighted by Gasteiger charge is -2.39. The van der Waals surface area contributed by atoms with Gasteiger partial charge in [-0.05, 0) is 83.5 Å². The molecule has 228 valence electrons. The smallest absolute Gasteiger partial charge is 0.303 e. The summed E-state index contributed by atoms with van der Waals surface area (Å²) in [5.74, 6) is -2.57. The second-order valence-corrected chi connectivity index (χ2v) is 11.4. The number of rotatable bonds is 30. The van der Waals surface area contributed by atoms with Crippen LogP contribution in [0.1, 0.15) is 148 Å². The highest BCUT2D eigenvalue weighted by Crippen LogP contribution is 2.19. The molecular formula is C32H59NO6. The highest BCUT2D eigenvalue weighted by Gasteiger charge is 2.26. The van der Waals surface area contributed by atoms with Gasteiger partial charge in [0.25, 0.3) is 0 Å². The maximum atomic E-state index is 11.0. The Bertz CT molecular complexity index is 594. The molecule has 0 amide bonds. The van der Waals surface area contributed by atoms with Gasteiger partial charge in [0.05, 0.1) is 26.2 Å². The fourth-order valence-corrected chi connectivity index (χ4v) is 5.35. The van der Waals surface area contributed by atoms with Gasteiger partial charge >= 0.3 is 11.9 Å². The highest BCUT2D eigenvalue weighted by atomic mass is 16.4. The minimum Gasteiger partial charge on any atom is -0.550 e. The highest BCUT2D eigenvalue weighted by molar-refractivity contribution is 5.66. The van der Waals surface area contributed by atoms with Gasteiger partial charge in [0.1, 0.15) is 0 Å².